The van der Waals surface area contributed by atoms with E-state index in [4.69, 9.17) is 11.6 Å². The van der Waals surface area contributed by atoms with Gasteiger partial charge in [-0.1, -0.05) is 30.2 Å². The number of piperidine rings is 1. The molecule has 1 fully saturated rings. The van der Waals surface area contributed by atoms with Crippen molar-refractivity contribution in [2.24, 2.45) is 0 Å². The molecular weight excluding hydrogens is 268 g/mol. The Labute approximate surface area is 128 Å². The summed E-state index contributed by atoms with van der Waals surface area (Å²) in [7, 11) is 0. The average molecular weight is 295 g/mol. The van der Waals surface area contributed by atoms with E-state index < -0.39 is 0 Å². The molecular formula is C17H27ClN2. The second kappa shape index (κ2) is 7.44. The van der Waals surface area contributed by atoms with Gasteiger partial charge in [-0.2, -0.15) is 0 Å². The first-order valence-electron chi connectivity index (χ1n) is 7.82. The van der Waals surface area contributed by atoms with Crippen LogP contribution in [-0.4, -0.2) is 30.1 Å². The van der Waals surface area contributed by atoms with Gasteiger partial charge in [0.05, 0.1) is 0 Å². The van der Waals surface area contributed by atoms with Crippen molar-refractivity contribution in [1.82, 2.24) is 10.2 Å². The highest BCUT2D eigenvalue weighted by Gasteiger charge is 2.23. The Morgan fingerprint density at radius 1 is 1.20 bits per heavy atom. The van der Waals surface area contributed by atoms with Crippen LogP contribution in [0.1, 0.15) is 51.6 Å². The maximum absolute atomic E-state index is 5.99. The summed E-state index contributed by atoms with van der Waals surface area (Å²) >= 11 is 5.99. The Morgan fingerprint density at radius 2 is 1.90 bits per heavy atom. The SMILES string of the molecule is CC(C)N(CC1CCCCN1)C(C)c1ccc(Cl)cc1. The fraction of sp³-hybridized carbons (Fsp3) is 0.647. The predicted molar refractivity (Wildman–Crippen MR) is 87.4 cm³/mol. The lowest BCUT2D eigenvalue weighted by atomic mass is 10.0. The number of hydrogen-bond acceptors (Lipinski definition) is 2. The summed E-state index contributed by atoms with van der Waals surface area (Å²) in [6.07, 6.45) is 3.99. The minimum atomic E-state index is 0.427. The first-order chi connectivity index (χ1) is 9.58. The third-order valence-electron chi connectivity index (χ3n) is 4.36. The lowest BCUT2D eigenvalue weighted by molar-refractivity contribution is 0.138. The van der Waals surface area contributed by atoms with Gasteiger partial charge < -0.3 is 5.32 Å². The molecule has 0 aliphatic carbocycles. The van der Waals surface area contributed by atoms with Crippen molar-refractivity contribution >= 4 is 11.6 Å². The zero-order chi connectivity index (χ0) is 14.5. The molecule has 0 aromatic heterocycles. The first kappa shape index (κ1) is 15.8. The maximum Gasteiger partial charge on any atom is 0.0406 e. The molecule has 3 heteroatoms. The van der Waals surface area contributed by atoms with Crippen LogP contribution in [-0.2, 0) is 0 Å². The van der Waals surface area contributed by atoms with Gasteiger partial charge in [0.2, 0.25) is 0 Å². The van der Waals surface area contributed by atoms with E-state index in [1.807, 2.05) is 12.1 Å². The van der Waals surface area contributed by atoms with E-state index in [0.717, 1.165) is 11.6 Å². The second-order valence-electron chi connectivity index (χ2n) is 6.16. The largest absolute Gasteiger partial charge is 0.313 e. The zero-order valence-electron chi connectivity index (χ0n) is 12.9. The molecule has 2 unspecified atom stereocenters. The monoisotopic (exact) mass is 294 g/mol. The summed E-state index contributed by atoms with van der Waals surface area (Å²) in [6.45, 7) is 9.17. The Hall–Kier alpha value is -0.570. The van der Waals surface area contributed by atoms with Gasteiger partial charge in [0.1, 0.15) is 0 Å². The van der Waals surface area contributed by atoms with Crippen LogP contribution in [0.2, 0.25) is 5.02 Å². The van der Waals surface area contributed by atoms with Gasteiger partial charge in [-0.15, -0.1) is 0 Å². The van der Waals surface area contributed by atoms with Crippen molar-refractivity contribution < 1.29 is 0 Å². The minimum absolute atomic E-state index is 0.427. The molecule has 1 aliphatic rings. The molecule has 1 aromatic rings. The minimum Gasteiger partial charge on any atom is -0.313 e. The van der Waals surface area contributed by atoms with Crippen LogP contribution in [0.5, 0.6) is 0 Å². The van der Waals surface area contributed by atoms with Crippen molar-refractivity contribution in [2.75, 3.05) is 13.1 Å². The molecule has 0 amide bonds. The molecule has 1 aliphatic heterocycles. The Bertz CT molecular complexity index is 396. The molecule has 2 atom stereocenters. The predicted octanol–water partition coefficient (Wildman–Crippen LogP) is 4.25. The molecule has 1 aromatic carbocycles. The smallest absolute Gasteiger partial charge is 0.0406 e. The average Bonchev–Trinajstić information content (AvgIpc) is 2.45. The molecule has 1 heterocycles. The van der Waals surface area contributed by atoms with Gasteiger partial charge in [0.15, 0.2) is 0 Å². The normalized spacial score (nSPS) is 21.4. The lowest BCUT2D eigenvalue weighted by Gasteiger charge is -2.37. The summed E-state index contributed by atoms with van der Waals surface area (Å²) in [5.41, 5.74) is 1.35. The Kier molecular flexibility index (Phi) is 5.88. The van der Waals surface area contributed by atoms with Crippen molar-refractivity contribution in [3.05, 3.63) is 34.9 Å². The summed E-state index contributed by atoms with van der Waals surface area (Å²) in [6, 6.07) is 9.89. The topological polar surface area (TPSA) is 15.3 Å². The number of halogens is 1. The highest BCUT2D eigenvalue weighted by Crippen LogP contribution is 2.25. The van der Waals surface area contributed by atoms with Crippen LogP contribution in [0.4, 0.5) is 0 Å². The van der Waals surface area contributed by atoms with Gasteiger partial charge in [-0.25, -0.2) is 0 Å². The van der Waals surface area contributed by atoms with Crippen molar-refractivity contribution in [2.45, 2.75) is 58.2 Å². The number of benzene rings is 1. The van der Waals surface area contributed by atoms with E-state index in [-0.39, 0.29) is 0 Å². The number of hydrogen-bond donors (Lipinski definition) is 1. The summed E-state index contributed by atoms with van der Waals surface area (Å²) in [5, 5.41) is 4.47. The Balaban J connectivity index is 2.04. The molecule has 1 saturated heterocycles. The maximum atomic E-state index is 5.99. The molecule has 1 N–H and O–H groups in total. The molecule has 0 radical (unpaired) electrons. The quantitative estimate of drug-likeness (QED) is 0.873. The van der Waals surface area contributed by atoms with E-state index >= 15 is 0 Å². The molecule has 2 rings (SSSR count). The Morgan fingerprint density at radius 3 is 2.45 bits per heavy atom. The number of nitrogens with zero attached hydrogens (tertiary/aromatic N) is 1. The molecule has 0 bridgehead atoms. The van der Waals surface area contributed by atoms with Crippen LogP contribution in [0, 0.1) is 0 Å². The summed E-state index contributed by atoms with van der Waals surface area (Å²) < 4.78 is 0. The molecule has 0 spiro atoms. The molecule has 2 nitrogen and oxygen atoms in total. The van der Waals surface area contributed by atoms with Crippen molar-refractivity contribution in [3.8, 4) is 0 Å². The molecule has 20 heavy (non-hydrogen) atoms. The number of nitrogens with one attached hydrogen (secondary N) is 1. The zero-order valence-corrected chi connectivity index (χ0v) is 13.7. The van der Waals surface area contributed by atoms with Gasteiger partial charge >= 0.3 is 0 Å². The number of rotatable bonds is 5. The fourth-order valence-electron chi connectivity index (χ4n) is 3.08. The van der Waals surface area contributed by atoms with E-state index in [2.05, 4.69) is 43.1 Å². The summed E-state index contributed by atoms with van der Waals surface area (Å²) in [5.74, 6) is 0. The lowest BCUT2D eigenvalue weighted by Crippen LogP contribution is -2.46. The molecule has 112 valence electrons. The third-order valence-corrected chi connectivity index (χ3v) is 4.61. The highest BCUT2D eigenvalue weighted by molar-refractivity contribution is 6.30. The van der Waals surface area contributed by atoms with E-state index in [0.29, 0.717) is 18.1 Å². The van der Waals surface area contributed by atoms with Crippen LogP contribution < -0.4 is 5.32 Å². The van der Waals surface area contributed by atoms with E-state index in [1.165, 1.54) is 31.4 Å². The standard InChI is InChI=1S/C17H27ClN2/c1-13(2)20(12-17-6-4-5-11-19-17)14(3)15-7-9-16(18)10-8-15/h7-10,13-14,17,19H,4-6,11-12H2,1-3H3. The second-order valence-corrected chi connectivity index (χ2v) is 6.60. The van der Waals surface area contributed by atoms with Gasteiger partial charge in [-0.3, -0.25) is 4.90 Å². The fourth-order valence-corrected chi connectivity index (χ4v) is 3.21. The van der Waals surface area contributed by atoms with Crippen molar-refractivity contribution in [3.63, 3.8) is 0 Å². The van der Waals surface area contributed by atoms with Crippen LogP contribution in [0.25, 0.3) is 0 Å². The van der Waals surface area contributed by atoms with Gasteiger partial charge in [-0.05, 0) is 57.9 Å². The summed E-state index contributed by atoms with van der Waals surface area (Å²) in [4.78, 5) is 2.59. The van der Waals surface area contributed by atoms with Crippen molar-refractivity contribution in [1.29, 1.82) is 0 Å². The van der Waals surface area contributed by atoms with Gasteiger partial charge in [0.25, 0.3) is 0 Å². The van der Waals surface area contributed by atoms with Crippen LogP contribution >= 0.6 is 11.6 Å². The van der Waals surface area contributed by atoms with Crippen LogP contribution in [0.15, 0.2) is 24.3 Å². The van der Waals surface area contributed by atoms with Gasteiger partial charge in [0, 0.05) is 29.7 Å². The highest BCUT2D eigenvalue weighted by atomic mass is 35.5. The third kappa shape index (κ3) is 4.21. The van der Waals surface area contributed by atoms with Crippen LogP contribution in [0.3, 0.4) is 0 Å². The van der Waals surface area contributed by atoms with E-state index in [1.54, 1.807) is 0 Å². The molecule has 0 saturated carbocycles. The first-order valence-corrected chi connectivity index (χ1v) is 8.20. The van der Waals surface area contributed by atoms with E-state index in [9.17, 15) is 0 Å².